The summed E-state index contributed by atoms with van der Waals surface area (Å²) >= 11 is 0. The minimum Gasteiger partial charge on any atom is -0.336 e. The van der Waals surface area contributed by atoms with E-state index in [1.165, 1.54) is 6.07 Å². The van der Waals surface area contributed by atoms with Gasteiger partial charge in [0, 0.05) is 37.3 Å². The molecule has 2 fully saturated rings. The Hall–Kier alpha value is -1.15. The molecule has 1 saturated carbocycles. The summed E-state index contributed by atoms with van der Waals surface area (Å²) < 4.78 is 27.4. The van der Waals surface area contributed by atoms with Gasteiger partial charge >= 0.3 is 0 Å². The van der Waals surface area contributed by atoms with Crippen LogP contribution < -0.4 is 10.0 Å². The Kier molecular flexibility index (Phi) is 5.91. The van der Waals surface area contributed by atoms with Crippen LogP contribution in [0.1, 0.15) is 35.7 Å². The van der Waals surface area contributed by atoms with Gasteiger partial charge in [-0.15, -0.1) is 12.4 Å². The number of hydrogen-bond donors (Lipinski definition) is 2. The van der Waals surface area contributed by atoms with E-state index < -0.39 is 10.0 Å². The van der Waals surface area contributed by atoms with Crippen molar-refractivity contribution in [3.63, 3.8) is 0 Å². The quantitative estimate of drug-likeness (QED) is 0.833. The zero-order valence-electron chi connectivity index (χ0n) is 13.9. The molecular weight excluding hydrogens is 350 g/mol. The fourth-order valence-corrected chi connectivity index (χ4v) is 4.11. The number of halogens is 1. The van der Waals surface area contributed by atoms with Crippen LogP contribution in [-0.2, 0) is 10.0 Å². The van der Waals surface area contributed by atoms with E-state index >= 15 is 0 Å². The van der Waals surface area contributed by atoms with Crippen LogP contribution in [0, 0.1) is 6.92 Å². The minimum atomic E-state index is -3.54. The first-order valence-electron chi connectivity index (χ1n) is 8.02. The monoisotopic (exact) mass is 373 g/mol. The van der Waals surface area contributed by atoms with Crippen LogP contribution in [0.25, 0.3) is 0 Å². The summed E-state index contributed by atoms with van der Waals surface area (Å²) in [5.74, 6) is -0.0979. The number of benzene rings is 1. The highest BCUT2D eigenvalue weighted by Gasteiger charge is 2.29. The molecule has 0 radical (unpaired) electrons. The largest absolute Gasteiger partial charge is 0.336 e. The van der Waals surface area contributed by atoms with Gasteiger partial charge in [-0.1, -0.05) is 6.07 Å². The van der Waals surface area contributed by atoms with E-state index in [1.807, 2.05) is 13.8 Å². The van der Waals surface area contributed by atoms with Crippen molar-refractivity contribution < 1.29 is 13.2 Å². The molecule has 1 aromatic rings. The van der Waals surface area contributed by atoms with E-state index in [0.29, 0.717) is 18.7 Å². The number of piperazine rings is 1. The number of rotatable bonds is 4. The Morgan fingerprint density at radius 3 is 2.67 bits per heavy atom. The fourth-order valence-electron chi connectivity index (χ4n) is 2.77. The number of nitrogens with one attached hydrogen (secondary N) is 2. The Balaban J connectivity index is 0.00000208. The van der Waals surface area contributed by atoms with Crippen LogP contribution >= 0.6 is 12.4 Å². The molecule has 1 unspecified atom stereocenters. The van der Waals surface area contributed by atoms with Gasteiger partial charge in [0.15, 0.2) is 0 Å². The highest BCUT2D eigenvalue weighted by Crippen LogP contribution is 2.24. The number of sulfonamides is 1. The molecule has 1 aliphatic heterocycles. The van der Waals surface area contributed by atoms with Crippen molar-refractivity contribution in [2.75, 3.05) is 19.6 Å². The molecule has 1 aromatic carbocycles. The van der Waals surface area contributed by atoms with Crippen LogP contribution in [0.2, 0.25) is 0 Å². The Morgan fingerprint density at radius 2 is 2.04 bits per heavy atom. The van der Waals surface area contributed by atoms with Gasteiger partial charge in [0.05, 0.1) is 4.90 Å². The lowest BCUT2D eigenvalue weighted by atomic mass is 10.1. The third kappa shape index (κ3) is 4.27. The summed E-state index contributed by atoms with van der Waals surface area (Å²) in [5.41, 5.74) is 1.27. The number of carbonyl (C=O) groups excluding carboxylic acids is 1. The van der Waals surface area contributed by atoms with Gasteiger partial charge in [0.2, 0.25) is 10.0 Å². The second-order valence-corrected chi connectivity index (χ2v) is 8.19. The van der Waals surface area contributed by atoms with Crippen molar-refractivity contribution in [1.29, 1.82) is 0 Å². The summed E-state index contributed by atoms with van der Waals surface area (Å²) in [7, 11) is -3.54. The summed E-state index contributed by atoms with van der Waals surface area (Å²) in [5, 5.41) is 3.30. The van der Waals surface area contributed by atoms with Crippen LogP contribution in [-0.4, -0.2) is 50.9 Å². The van der Waals surface area contributed by atoms with Gasteiger partial charge in [-0.3, -0.25) is 4.79 Å². The maximum absolute atomic E-state index is 12.8. The molecule has 0 spiro atoms. The van der Waals surface area contributed by atoms with Crippen molar-refractivity contribution in [3.8, 4) is 0 Å². The molecule has 24 heavy (non-hydrogen) atoms. The molecule has 134 valence electrons. The van der Waals surface area contributed by atoms with E-state index in [4.69, 9.17) is 0 Å². The first kappa shape index (κ1) is 19.2. The average molecular weight is 374 g/mol. The molecule has 1 heterocycles. The maximum Gasteiger partial charge on any atom is 0.254 e. The van der Waals surface area contributed by atoms with Crippen molar-refractivity contribution in [2.24, 2.45) is 0 Å². The lowest BCUT2D eigenvalue weighted by Gasteiger charge is -2.32. The van der Waals surface area contributed by atoms with Crippen molar-refractivity contribution in [1.82, 2.24) is 14.9 Å². The summed E-state index contributed by atoms with van der Waals surface area (Å²) in [6, 6.07) is 5.08. The number of nitrogens with zero attached hydrogens (tertiary/aromatic N) is 1. The zero-order chi connectivity index (χ0) is 16.6. The Morgan fingerprint density at radius 1 is 1.33 bits per heavy atom. The lowest BCUT2D eigenvalue weighted by Crippen LogP contribution is -2.51. The standard InChI is InChI=1S/C16H23N3O3S.ClH/c1-11-3-6-14(23(21,22)18-13-4-5-13)9-15(11)16(20)19-8-7-17-12(2)10-19;/h3,6,9,12-13,17-18H,4-5,7-8,10H2,1-2H3;1H. The van der Waals surface area contributed by atoms with Crippen molar-refractivity contribution in [2.45, 2.75) is 43.7 Å². The summed E-state index contributed by atoms with van der Waals surface area (Å²) in [6.07, 6.45) is 1.77. The van der Waals surface area contributed by atoms with E-state index in [1.54, 1.807) is 17.0 Å². The SMILES string of the molecule is Cc1ccc(S(=O)(=O)NC2CC2)cc1C(=O)N1CCNC(C)C1.Cl. The number of carbonyl (C=O) groups is 1. The van der Waals surface area contributed by atoms with Crippen LogP contribution in [0.4, 0.5) is 0 Å². The molecule has 2 aliphatic rings. The highest BCUT2D eigenvalue weighted by atomic mass is 35.5. The molecular formula is C16H24ClN3O3S. The van der Waals surface area contributed by atoms with E-state index in [2.05, 4.69) is 10.0 Å². The van der Waals surface area contributed by atoms with Crippen molar-refractivity contribution >= 4 is 28.3 Å². The smallest absolute Gasteiger partial charge is 0.254 e. The van der Waals surface area contributed by atoms with Gasteiger partial charge < -0.3 is 10.2 Å². The third-order valence-corrected chi connectivity index (χ3v) is 5.82. The van der Waals surface area contributed by atoms with E-state index in [-0.39, 0.29) is 35.3 Å². The van der Waals surface area contributed by atoms with Gasteiger partial charge in [0.25, 0.3) is 5.91 Å². The molecule has 6 nitrogen and oxygen atoms in total. The predicted molar refractivity (Wildman–Crippen MR) is 95.1 cm³/mol. The summed E-state index contributed by atoms with van der Waals surface area (Å²) in [4.78, 5) is 14.7. The molecule has 2 N–H and O–H groups in total. The molecule has 1 amide bonds. The lowest BCUT2D eigenvalue weighted by molar-refractivity contribution is 0.0708. The molecule has 1 atom stereocenters. The van der Waals surface area contributed by atoms with Crippen LogP contribution in [0.5, 0.6) is 0 Å². The normalized spacial score (nSPS) is 21.2. The first-order valence-corrected chi connectivity index (χ1v) is 9.51. The van der Waals surface area contributed by atoms with Crippen LogP contribution in [0.15, 0.2) is 23.1 Å². The molecule has 1 aliphatic carbocycles. The average Bonchev–Trinajstić information content (AvgIpc) is 3.30. The van der Waals surface area contributed by atoms with Gasteiger partial charge in [-0.25, -0.2) is 13.1 Å². The Bertz CT molecular complexity index is 719. The number of hydrogen-bond acceptors (Lipinski definition) is 4. The first-order chi connectivity index (χ1) is 10.9. The number of aryl methyl sites for hydroxylation is 1. The highest BCUT2D eigenvalue weighted by molar-refractivity contribution is 7.89. The second kappa shape index (κ2) is 7.39. The van der Waals surface area contributed by atoms with Crippen LogP contribution in [0.3, 0.4) is 0 Å². The van der Waals surface area contributed by atoms with Gasteiger partial charge in [0.1, 0.15) is 0 Å². The fraction of sp³-hybridized carbons (Fsp3) is 0.562. The zero-order valence-corrected chi connectivity index (χ0v) is 15.5. The summed E-state index contributed by atoms with van der Waals surface area (Å²) in [6.45, 7) is 5.90. The second-order valence-electron chi connectivity index (χ2n) is 6.48. The molecule has 0 aromatic heterocycles. The molecule has 1 saturated heterocycles. The van der Waals surface area contributed by atoms with Gasteiger partial charge in [-0.2, -0.15) is 0 Å². The van der Waals surface area contributed by atoms with E-state index in [9.17, 15) is 13.2 Å². The number of amides is 1. The molecule has 3 rings (SSSR count). The van der Waals surface area contributed by atoms with E-state index in [0.717, 1.165) is 24.9 Å². The predicted octanol–water partition coefficient (Wildman–Crippen LogP) is 1.29. The minimum absolute atomic E-state index is 0. The Labute approximate surface area is 149 Å². The third-order valence-electron chi connectivity index (χ3n) is 4.30. The maximum atomic E-state index is 12.8. The molecule has 0 bridgehead atoms. The van der Waals surface area contributed by atoms with Gasteiger partial charge in [-0.05, 0) is 44.4 Å². The van der Waals surface area contributed by atoms with Crippen molar-refractivity contribution in [3.05, 3.63) is 29.3 Å². The molecule has 8 heteroatoms. The topological polar surface area (TPSA) is 78.5 Å².